The molecule has 0 amide bonds. The van der Waals surface area contributed by atoms with E-state index < -0.39 is 6.10 Å². The molecular weight excluding hydrogens is 350 g/mol. The minimum absolute atomic E-state index is 0.319. The highest BCUT2D eigenvalue weighted by molar-refractivity contribution is 6.30. The Bertz CT molecular complexity index is 632. The predicted molar refractivity (Wildman–Crippen MR) is 105 cm³/mol. The fraction of sp³-hybridized carbons (Fsp3) is 0.429. The van der Waals surface area contributed by atoms with Gasteiger partial charge in [-0.15, -0.1) is 0 Å². The molecule has 0 radical (unpaired) electrons. The van der Waals surface area contributed by atoms with Crippen molar-refractivity contribution in [2.24, 2.45) is 0 Å². The first-order valence-corrected chi connectivity index (χ1v) is 9.43. The summed E-state index contributed by atoms with van der Waals surface area (Å²) in [6.45, 7) is 6.82. The van der Waals surface area contributed by atoms with Crippen LogP contribution in [0.25, 0.3) is 0 Å². The zero-order valence-corrected chi connectivity index (χ0v) is 16.2. The van der Waals surface area contributed by atoms with E-state index >= 15 is 0 Å². The molecule has 0 aliphatic carbocycles. The topological polar surface area (TPSA) is 41.9 Å². The molecule has 0 bridgehead atoms. The van der Waals surface area contributed by atoms with Crippen LogP contribution in [0.1, 0.15) is 31.1 Å². The lowest BCUT2D eigenvalue weighted by molar-refractivity contribution is -0.149. The summed E-state index contributed by atoms with van der Waals surface area (Å²) in [5.41, 5.74) is 1.98. The average molecular weight is 378 g/mol. The van der Waals surface area contributed by atoms with Crippen molar-refractivity contribution >= 4 is 11.6 Å². The molecule has 0 aromatic heterocycles. The lowest BCUT2D eigenvalue weighted by Crippen LogP contribution is -2.37. The SMILES string of the molecule is CCOC(CN(Cc1ccccc1)C[C@H](O)c1cccc(Cl)c1)OCC. The van der Waals surface area contributed by atoms with Crippen LogP contribution in [0.2, 0.25) is 5.02 Å². The Balaban J connectivity index is 2.10. The second-order valence-electron chi connectivity index (χ2n) is 6.09. The lowest BCUT2D eigenvalue weighted by atomic mass is 10.1. The highest BCUT2D eigenvalue weighted by Gasteiger charge is 2.19. The van der Waals surface area contributed by atoms with Gasteiger partial charge in [0.2, 0.25) is 0 Å². The molecule has 0 saturated heterocycles. The van der Waals surface area contributed by atoms with Crippen LogP contribution < -0.4 is 0 Å². The van der Waals surface area contributed by atoms with Crippen molar-refractivity contribution in [3.05, 3.63) is 70.7 Å². The van der Waals surface area contributed by atoms with Gasteiger partial charge in [0.05, 0.1) is 6.10 Å². The maximum absolute atomic E-state index is 10.7. The summed E-state index contributed by atoms with van der Waals surface area (Å²) in [7, 11) is 0. The van der Waals surface area contributed by atoms with Gasteiger partial charge in [0.1, 0.15) is 0 Å². The molecule has 26 heavy (non-hydrogen) atoms. The summed E-state index contributed by atoms with van der Waals surface area (Å²) in [5.74, 6) is 0. The van der Waals surface area contributed by atoms with Crippen molar-refractivity contribution in [2.45, 2.75) is 32.8 Å². The van der Waals surface area contributed by atoms with Crippen LogP contribution in [-0.4, -0.2) is 42.6 Å². The number of hydrogen-bond donors (Lipinski definition) is 1. The summed E-state index contributed by atoms with van der Waals surface area (Å²) >= 11 is 6.06. The standard InChI is InChI=1S/C21H28ClNO3/c1-3-25-21(26-4-2)16-23(14-17-9-6-5-7-10-17)15-20(24)18-11-8-12-19(22)13-18/h5-13,20-21,24H,3-4,14-16H2,1-2H3/t20-/m0/s1. The molecule has 0 spiro atoms. The maximum Gasteiger partial charge on any atom is 0.170 e. The summed E-state index contributed by atoms with van der Waals surface area (Å²) in [5, 5.41) is 11.3. The van der Waals surface area contributed by atoms with Gasteiger partial charge >= 0.3 is 0 Å². The van der Waals surface area contributed by atoms with Gasteiger partial charge in [0, 0.05) is 37.9 Å². The van der Waals surface area contributed by atoms with Gasteiger partial charge in [-0.2, -0.15) is 0 Å². The van der Waals surface area contributed by atoms with E-state index in [9.17, 15) is 5.11 Å². The molecule has 0 unspecified atom stereocenters. The van der Waals surface area contributed by atoms with E-state index in [2.05, 4.69) is 17.0 Å². The Hall–Kier alpha value is -1.43. The molecule has 142 valence electrons. The third kappa shape index (κ3) is 7.06. The Morgan fingerprint density at radius 1 is 0.962 bits per heavy atom. The molecule has 0 aliphatic rings. The van der Waals surface area contributed by atoms with E-state index in [1.807, 2.05) is 44.2 Å². The molecule has 0 heterocycles. The van der Waals surface area contributed by atoms with Gasteiger partial charge in [-0.3, -0.25) is 4.90 Å². The molecule has 2 rings (SSSR count). The quantitative estimate of drug-likeness (QED) is 0.593. The lowest BCUT2D eigenvalue weighted by Gasteiger charge is -2.29. The van der Waals surface area contributed by atoms with Crippen LogP contribution in [0, 0.1) is 0 Å². The van der Waals surface area contributed by atoms with E-state index in [-0.39, 0.29) is 6.29 Å². The minimum atomic E-state index is -0.638. The number of hydrogen-bond acceptors (Lipinski definition) is 4. The Morgan fingerprint density at radius 3 is 2.27 bits per heavy atom. The second-order valence-corrected chi connectivity index (χ2v) is 6.53. The van der Waals surface area contributed by atoms with Crippen molar-refractivity contribution in [3.8, 4) is 0 Å². The molecule has 0 aliphatic heterocycles. The van der Waals surface area contributed by atoms with Crippen LogP contribution in [0.5, 0.6) is 0 Å². The largest absolute Gasteiger partial charge is 0.387 e. The Morgan fingerprint density at radius 2 is 1.65 bits per heavy atom. The molecule has 4 nitrogen and oxygen atoms in total. The number of benzene rings is 2. The van der Waals surface area contributed by atoms with Crippen LogP contribution in [0.3, 0.4) is 0 Å². The summed E-state index contributed by atoms with van der Waals surface area (Å²) < 4.78 is 11.4. The third-order valence-electron chi connectivity index (χ3n) is 4.03. The van der Waals surface area contributed by atoms with Crippen molar-refractivity contribution in [1.82, 2.24) is 4.90 Å². The van der Waals surface area contributed by atoms with Crippen molar-refractivity contribution < 1.29 is 14.6 Å². The van der Waals surface area contributed by atoms with E-state index in [0.29, 0.717) is 37.9 Å². The number of rotatable bonds is 11. The fourth-order valence-electron chi connectivity index (χ4n) is 2.85. The highest BCUT2D eigenvalue weighted by atomic mass is 35.5. The Kier molecular flexibility index (Phi) is 9.09. The van der Waals surface area contributed by atoms with Gasteiger partial charge in [-0.25, -0.2) is 0 Å². The molecule has 0 saturated carbocycles. The van der Waals surface area contributed by atoms with E-state index in [1.165, 1.54) is 5.56 Å². The third-order valence-corrected chi connectivity index (χ3v) is 4.26. The van der Waals surface area contributed by atoms with Crippen LogP contribution >= 0.6 is 11.6 Å². The normalized spacial score (nSPS) is 12.7. The Labute approximate surface area is 161 Å². The number of aliphatic hydroxyl groups is 1. The summed E-state index contributed by atoms with van der Waals surface area (Å²) in [6, 6.07) is 17.5. The van der Waals surface area contributed by atoms with Gasteiger partial charge in [0.25, 0.3) is 0 Å². The second kappa shape index (κ2) is 11.3. The average Bonchev–Trinajstić information content (AvgIpc) is 2.63. The smallest absolute Gasteiger partial charge is 0.170 e. The van der Waals surface area contributed by atoms with Gasteiger partial charge < -0.3 is 14.6 Å². The first kappa shape index (κ1) is 20.9. The monoisotopic (exact) mass is 377 g/mol. The summed E-state index contributed by atoms with van der Waals surface area (Å²) in [4.78, 5) is 2.15. The zero-order chi connectivity index (χ0) is 18.8. The first-order chi connectivity index (χ1) is 12.6. The molecule has 0 fully saturated rings. The molecule has 1 atom stereocenters. The van der Waals surface area contributed by atoms with Gasteiger partial charge in [-0.05, 0) is 37.1 Å². The fourth-order valence-corrected chi connectivity index (χ4v) is 3.04. The van der Waals surface area contributed by atoms with Crippen LogP contribution in [0.4, 0.5) is 0 Å². The van der Waals surface area contributed by atoms with Crippen LogP contribution in [0.15, 0.2) is 54.6 Å². The number of aliphatic hydroxyl groups excluding tert-OH is 1. The summed E-state index contributed by atoms with van der Waals surface area (Å²) in [6.07, 6.45) is -0.957. The van der Waals surface area contributed by atoms with Crippen molar-refractivity contribution in [2.75, 3.05) is 26.3 Å². The zero-order valence-electron chi connectivity index (χ0n) is 15.5. The maximum atomic E-state index is 10.7. The minimum Gasteiger partial charge on any atom is -0.387 e. The van der Waals surface area contributed by atoms with Crippen LogP contribution in [-0.2, 0) is 16.0 Å². The van der Waals surface area contributed by atoms with Gasteiger partial charge in [-0.1, -0.05) is 54.1 Å². The van der Waals surface area contributed by atoms with Crippen molar-refractivity contribution in [3.63, 3.8) is 0 Å². The number of halogens is 1. The predicted octanol–water partition coefficient (Wildman–Crippen LogP) is 4.27. The molecule has 2 aromatic carbocycles. The number of nitrogens with zero attached hydrogens (tertiary/aromatic N) is 1. The van der Waals surface area contributed by atoms with Crippen molar-refractivity contribution in [1.29, 1.82) is 0 Å². The molecule has 5 heteroatoms. The molecule has 1 N–H and O–H groups in total. The number of ether oxygens (including phenoxy) is 2. The molecule has 2 aromatic rings. The van der Waals surface area contributed by atoms with E-state index in [4.69, 9.17) is 21.1 Å². The van der Waals surface area contributed by atoms with Gasteiger partial charge in [0.15, 0.2) is 6.29 Å². The van der Waals surface area contributed by atoms with E-state index in [0.717, 1.165) is 5.56 Å². The first-order valence-electron chi connectivity index (χ1n) is 9.05. The highest BCUT2D eigenvalue weighted by Crippen LogP contribution is 2.20. The molecular formula is C21H28ClNO3. The van der Waals surface area contributed by atoms with E-state index in [1.54, 1.807) is 12.1 Å².